The molecular formula is C16H19BO2. The highest BCUT2D eigenvalue weighted by Gasteiger charge is 2.00. The highest BCUT2D eigenvalue weighted by molar-refractivity contribution is 6.32. The Morgan fingerprint density at radius 3 is 2.42 bits per heavy atom. The van der Waals surface area contributed by atoms with E-state index >= 15 is 0 Å². The summed E-state index contributed by atoms with van der Waals surface area (Å²) in [6.07, 6.45) is 2.21. The standard InChI is InChI=1S/C16H19BO2/c1-2-3-11-18-15-5-4-6-16(12-15)19-14-9-7-13(17)8-10-14/h4-10,12H,2-3,11,17H2,1H3. The molecule has 2 aromatic rings. The van der Waals surface area contributed by atoms with Crippen molar-refractivity contribution in [2.75, 3.05) is 6.61 Å². The van der Waals surface area contributed by atoms with Gasteiger partial charge in [-0.1, -0.05) is 37.0 Å². The van der Waals surface area contributed by atoms with Crippen LogP contribution in [0.3, 0.4) is 0 Å². The van der Waals surface area contributed by atoms with Gasteiger partial charge in [0, 0.05) is 6.07 Å². The maximum absolute atomic E-state index is 5.80. The first kappa shape index (κ1) is 13.5. The van der Waals surface area contributed by atoms with Crippen molar-refractivity contribution in [3.8, 4) is 17.2 Å². The summed E-state index contributed by atoms with van der Waals surface area (Å²) in [5, 5.41) is 0. The lowest BCUT2D eigenvalue weighted by Crippen LogP contribution is -1.99. The molecule has 0 spiro atoms. The number of ether oxygens (including phenoxy) is 2. The molecule has 0 fully saturated rings. The molecule has 2 rings (SSSR count). The SMILES string of the molecule is Bc1ccc(Oc2cccc(OCCCC)c2)cc1. The predicted molar refractivity (Wildman–Crippen MR) is 81.5 cm³/mol. The average molecular weight is 254 g/mol. The molecule has 0 saturated heterocycles. The van der Waals surface area contributed by atoms with Crippen LogP contribution < -0.4 is 14.9 Å². The molecular weight excluding hydrogens is 235 g/mol. The number of benzene rings is 2. The normalized spacial score (nSPS) is 10.2. The molecule has 2 nitrogen and oxygen atoms in total. The van der Waals surface area contributed by atoms with Crippen LogP contribution in [0.4, 0.5) is 0 Å². The summed E-state index contributed by atoms with van der Waals surface area (Å²) in [6, 6.07) is 15.8. The van der Waals surface area contributed by atoms with E-state index in [9.17, 15) is 0 Å². The molecule has 0 aromatic heterocycles. The molecule has 98 valence electrons. The van der Waals surface area contributed by atoms with E-state index in [1.807, 2.05) is 48.5 Å². The Balaban J connectivity index is 2.00. The zero-order valence-electron chi connectivity index (χ0n) is 11.6. The van der Waals surface area contributed by atoms with Gasteiger partial charge in [0.25, 0.3) is 0 Å². The van der Waals surface area contributed by atoms with Crippen LogP contribution in [-0.4, -0.2) is 14.5 Å². The Kier molecular flexibility index (Phi) is 4.90. The fourth-order valence-electron chi connectivity index (χ4n) is 1.70. The molecule has 0 atom stereocenters. The summed E-state index contributed by atoms with van der Waals surface area (Å²) in [7, 11) is 2.06. The minimum absolute atomic E-state index is 0.754. The van der Waals surface area contributed by atoms with Gasteiger partial charge in [0.2, 0.25) is 0 Å². The van der Waals surface area contributed by atoms with E-state index in [-0.39, 0.29) is 0 Å². The molecule has 0 heterocycles. The van der Waals surface area contributed by atoms with Crippen LogP contribution in [-0.2, 0) is 0 Å². The van der Waals surface area contributed by atoms with E-state index in [2.05, 4.69) is 14.8 Å². The average Bonchev–Trinajstić information content (AvgIpc) is 2.42. The Hall–Kier alpha value is -1.90. The van der Waals surface area contributed by atoms with Gasteiger partial charge < -0.3 is 9.47 Å². The minimum Gasteiger partial charge on any atom is -0.493 e. The molecule has 0 aliphatic rings. The van der Waals surface area contributed by atoms with Crippen molar-refractivity contribution in [1.82, 2.24) is 0 Å². The van der Waals surface area contributed by atoms with Crippen LogP contribution in [0.25, 0.3) is 0 Å². The van der Waals surface area contributed by atoms with Gasteiger partial charge in [0.05, 0.1) is 6.61 Å². The Morgan fingerprint density at radius 1 is 0.947 bits per heavy atom. The molecule has 0 aliphatic heterocycles. The summed E-state index contributed by atoms with van der Waals surface area (Å²) in [5.41, 5.74) is 1.23. The maximum atomic E-state index is 5.80. The van der Waals surface area contributed by atoms with Gasteiger partial charge in [-0.05, 0) is 30.7 Å². The molecule has 2 aromatic carbocycles. The minimum atomic E-state index is 0.754. The molecule has 0 radical (unpaired) electrons. The monoisotopic (exact) mass is 254 g/mol. The third kappa shape index (κ3) is 4.36. The first-order valence-corrected chi connectivity index (χ1v) is 6.75. The summed E-state index contributed by atoms with van der Waals surface area (Å²) in [5.74, 6) is 2.51. The van der Waals surface area contributed by atoms with E-state index in [0.29, 0.717) is 0 Å². The van der Waals surface area contributed by atoms with Gasteiger partial charge in [-0.25, -0.2) is 0 Å². The Morgan fingerprint density at radius 2 is 1.68 bits per heavy atom. The Bertz CT molecular complexity index is 508. The van der Waals surface area contributed by atoms with E-state index in [4.69, 9.17) is 9.47 Å². The van der Waals surface area contributed by atoms with Gasteiger partial charge in [0.1, 0.15) is 25.1 Å². The summed E-state index contributed by atoms with van der Waals surface area (Å²) >= 11 is 0. The second-order valence-electron chi connectivity index (χ2n) is 4.59. The lowest BCUT2D eigenvalue weighted by molar-refractivity contribution is 0.308. The molecule has 3 heteroatoms. The zero-order chi connectivity index (χ0) is 13.5. The van der Waals surface area contributed by atoms with Crippen LogP contribution in [0, 0.1) is 0 Å². The predicted octanol–water partition coefficient (Wildman–Crippen LogP) is 2.92. The molecule has 0 N–H and O–H groups in total. The Labute approximate surface area is 115 Å². The van der Waals surface area contributed by atoms with Crippen molar-refractivity contribution in [2.45, 2.75) is 19.8 Å². The van der Waals surface area contributed by atoms with E-state index in [1.54, 1.807) is 0 Å². The molecule has 0 amide bonds. The second-order valence-corrected chi connectivity index (χ2v) is 4.59. The van der Waals surface area contributed by atoms with Crippen LogP contribution in [0.1, 0.15) is 19.8 Å². The summed E-state index contributed by atoms with van der Waals surface area (Å²) in [6.45, 7) is 2.91. The molecule has 0 bridgehead atoms. The molecule has 19 heavy (non-hydrogen) atoms. The van der Waals surface area contributed by atoms with Gasteiger partial charge in [-0.15, -0.1) is 0 Å². The first-order valence-electron chi connectivity index (χ1n) is 6.75. The fraction of sp³-hybridized carbons (Fsp3) is 0.250. The van der Waals surface area contributed by atoms with Crippen molar-refractivity contribution in [2.24, 2.45) is 0 Å². The number of hydrogen-bond acceptors (Lipinski definition) is 2. The lowest BCUT2D eigenvalue weighted by atomic mass is 9.97. The highest BCUT2D eigenvalue weighted by Crippen LogP contribution is 2.24. The van der Waals surface area contributed by atoms with Crippen LogP contribution in [0.15, 0.2) is 48.5 Å². The fourth-order valence-corrected chi connectivity index (χ4v) is 1.70. The molecule has 0 unspecified atom stereocenters. The number of rotatable bonds is 6. The maximum Gasteiger partial charge on any atom is 0.139 e. The first-order chi connectivity index (χ1) is 9.28. The van der Waals surface area contributed by atoms with Gasteiger partial charge in [-0.3, -0.25) is 0 Å². The lowest BCUT2D eigenvalue weighted by Gasteiger charge is -2.09. The van der Waals surface area contributed by atoms with Crippen molar-refractivity contribution in [3.63, 3.8) is 0 Å². The number of hydrogen-bond donors (Lipinski definition) is 0. The summed E-state index contributed by atoms with van der Waals surface area (Å²) in [4.78, 5) is 0. The zero-order valence-corrected chi connectivity index (χ0v) is 11.6. The van der Waals surface area contributed by atoms with Crippen molar-refractivity contribution >= 4 is 13.3 Å². The van der Waals surface area contributed by atoms with E-state index in [0.717, 1.165) is 36.7 Å². The van der Waals surface area contributed by atoms with Crippen molar-refractivity contribution in [1.29, 1.82) is 0 Å². The topological polar surface area (TPSA) is 18.5 Å². The second kappa shape index (κ2) is 6.88. The molecule has 0 aliphatic carbocycles. The van der Waals surface area contributed by atoms with Crippen LogP contribution in [0.2, 0.25) is 0 Å². The van der Waals surface area contributed by atoms with Gasteiger partial charge in [0.15, 0.2) is 0 Å². The largest absolute Gasteiger partial charge is 0.493 e. The third-order valence-corrected chi connectivity index (χ3v) is 2.83. The van der Waals surface area contributed by atoms with Crippen molar-refractivity contribution in [3.05, 3.63) is 48.5 Å². The van der Waals surface area contributed by atoms with Gasteiger partial charge >= 0.3 is 0 Å². The quantitative estimate of drug-likeness (QED) is 0.583. The molecule has 0 saturated carbocycles. The third-order valence-electron chi connectivity index (χ3n) is 2.83. The highest BCUT2D eigenvalue weighted by atomic mass is 16.5. The summed E-state index contributed by atoms with van der Waals surface area (Å²) < 4.78 is 11.5. The van der Waals surface area contributed by atoms with Gasteiger partial charge in [-0.2, -0.15) is 0 Å². The number of unbranched alkanes of at least 4 members (excludes halogenated alkanes) is 1. The van der Waals surface area contributed by atoms with Crippen LogP contribution in [0.5, 0.6) is 17.2 Å². The van der Waals surface area contributed by atoms with Crippen molar-refractivity contribution < 1.29 is 9.47 Å². The smallest absolute Gasteiger partial charge is 0.139 e. The van der Waals surface area contributed by atoms with Crippen LogP contribution >= 0.6 is 0 Å². The van der Waals surface area contributed by atoms with E-state index in [1.165, 1.54) is 5.46 Å². The van der Waals surface area contributed by atoms with E-state index < -0.39 is 0 Å².